The lowest BCUT2D eigenvalue weighted by Crippen LogP contribution is -2.32. The van der Waals surface area contributed by atoms with E-state index in [0.717, 1.165) is 42.4 Å². The molecule has 164 valence electrons. The average molecular weight is 423 g/mol. The van der Waals surface area contributed by atoms with E-state index in [2.05, 4.69) is 6.92 Å². The van der Waals surface area contributed by atoms with Crippen LogP contribution in [0.25, 0.3) is 0 Å². The zero-order valence-corrected chi connectivity index (χ0v) is 18.0. The second-order valence-electron chi connectivity index (χ2n) is 7.91. The number of benzene rings is 2. The van der Waals surface area contributed by atoms with Crippen molar-refractivity contribution in [1.29, 1.82) is 0 Å². The third-order valence-electron chi connectivity index (χ3n) is 5.62. The highest BCUT2D eigenvalue weighted by Gasteiger charge is 2.33. The summed E-state index contributed by atoms with van der Waals surface area (Å²) in [5, 5.41) is 11.4. The third-order valence-corrected chi connectivity index (χ3v) is 5.62. The second-order valence-corrected chi connectivity index (χ2v) is 7.91. The van der Waals surface area contributed by atoms with E-state index in [0.29, 0.717) is 5.69 Å². The number of carbonyl (C=O) groups is 1. The molecule has 0 unspecified atom stereocenters. The van der Waals surface area contributed by atoms with E-state index in [4.69, 9.17) is 4.74 Å². The second kappa shape index (κ2) is 11.3. The van der Waals surface area contributed by atoms with Gasteiger partial charge in [-0.05, 0) is 35.6 Å². The summed E-state index contributed by atoms with van der Waals surface area (Å²) >= 11 is 0. The van der Waals surface area contributed by atoms with Crippen LogP contribution >= 0.6 is 0 Å². The Bertz CT molecular complexity index is 911. The van der Waals surface area contributed by atoms with Crippen molar-refractivity contribution in [2.75, 3.05) is 11.4 Å². The van der Waals surface area contributed by atoms with Gasteiger partial charge in [-0.1, -0.05) is 81.1 Å². The molecular formula is C25H30N2O4. The highest BCUT2D eigenvalue weighted by Crippen LogP contribution is 2.40. The van der Waals surface area contributed by atoms with Gasteiger partial charge in [0.15, 0.2) is 0 Å². The predicted octanol–water partition coefficient (Wildman–Crippen LogP) is 6.45. The summed E-state index contributed by atoms with van der Waals surface area (Å²) in [7, 11) is 0. The number of nitro groups is 1. The van der Waals surface area contributed by atoms with Gasteiger partial charge >= 0.3 is 6.09 Å². The van der Waals surface area contributed by atoms with E-state index in [9.17, 15) is 14.9 Å². The summed E-state index contributed by atoms with van der Waals surface area (Å²) in [6.07, 6.45) is 7.58. The Kier molecular flexibility index (Phi) is 8.21. The molecule has 0 saturated heterocycles. The van der Waals surface area contributed by atoms with Crippen molar-refractivity contribution in [3.63, 3.8) is 0 Å². The number of rotatable bonds is 10. The number of hydrogen-bond acceptors (Lipinski definition) is 4. The summed E-state index contributed by atoms with van der Waals surface area (Å²) in [5.41, 5.74) is 3.29. The fourth-order valence-corrected chi connectivity index (χ4v) is 4.00. The molecule has 0 bridgehead atoms. The molecule has 1 aliphatic rings. The van der Waals surface area contributed by atoms with Crippen LogP contribution in [0.4, 0.5) is 10.5 Å². The molecule has 0 fully saturated rings. The number of nitrogens with zero attached hydrogens (tertiary/aromatic N) is 2. The molecule has 3 rings (SSSR count). The molecule has 1 aliphatic heterocycles. The van der Waals surface area contributed by atoms with Gasteiger partial charge in [0, 0.05) is 11.1 Å². The number of carbonyl (C=O) groups excluding carboxylic acids is 1. The molecule has 0 saturated carbocycles. The summed E-state index contributed by atoms with van der Waals surface area (Å²) in [4.78, 5) is 25.6. The topological polar surface area (TPSA) is 72.7 Å². The molecule has 2 aromatic carbocycles. The first-order valence-electron chi connectivity index (χ1n) is 11.0. The van der Waals surface area contributed by atoms with Crippen molar-refractivity contribution >= 4 is 11.8 Å². The molecular weight excluding hydrogens is 392 g/mol. The van der Waals surface area contributed by atoms with Crippen LogP contribution in [0.5, 0.6) is 0 Å². The van der Waals surface area contributed by atoms with Crippen molar-refractivity contribution < 1.29 is 14.5 Å². The molecule has 6 nitrogen and oxygen atoms in total. The van der Waals surface area contributed by atoms with E-state index in [-0.39, 0.29) is 24.0 Å². The fourth-order valence-electron chi connectivity index (χ4n) is 4.00. The quantitative estimate of drug-likeness (QED) is 0.251. The summed E-state index contributed by atoms with van der Waals surface area (Å²) in [6.45, 7) is 2.17. The van der Waals surface area contributed by atoms with E-state index in [1.807, 2.05) is 54.6 Å². The summed E-state index contributed by atoms with van der Waals surface area (Å²) in [5.74, 6) is -0.324. The lowest BCUT2D eigenvalue weighted by atomic mass is 9.84. The maximum absolute atomic E-state index is 12.9. The van der Waals surface area contributed by atoms with E-state index in [1.165, 1.54) is 17.7 Å². The Hall–Kier alpha value is -3.15. The Morgan fingerprint density at radius 2 is 1.74 bits per heavy atom. The number of anilines is 1. The number of ether oxygens (including phenoxy) is 1. The molecule has 2 aromatic rings. The van der Waals surface area contributed by atoms with Gasteiger partial charge in [0.1, 0.15) is 6.61 Å². The number of fused-ring (bicyclic) bond motifs is 1. The van der Waals surface area contributed by atoms with Gasteiger partial charge in [0.2, 0.25) is 6.54 Å². The lowest BCUT2D eigenvalue weighted by Gasteiger charge is -2.31. The minimum absolute atomic E-state index is 0.176. The number of amides is 1. The largest absolute Gasteiger partial charge is 0.444 e. The predicted molar refractivity (Wildman–Crippen MR) is 122 cm³/mol. The number of unbranched alkanes of at least 4 members (excludes halogenated alkanes) is 4. The lowest BCUT2D eigenvalue weighted by molar-refractivity contribution is -0.482. The van der Waals surface area contributed by atoms with Crippen molar-refractivity contribution in [2.24, 2.45) is 0 Å². The van der Waals surface area contributed by atoms with Crippen LogP contribution in [-0.2, 0) is 11.3 Å². The molecule has 1 amide bonds. The molecule has 0 spiro atoms. The first kappa shape index (κ1) is 22.5. The molecule has 1 heterocycles. The smallest absolute Gasteiger partial charge is 0.418 e. The Morgan fingerprint density at radius 3 is 2.48 bits per heavy atom. The zero-order chi connectivity index (χ0) is 22.1. The maximum atomic E-state index is 12.9. The van der Waals surface area contributed by atoms with Crippen LogP contribution in [-0.4, -0.2) is 17.6 Å². The Labute approximate surface area is 183 Å². The minimum Gasteiger partial charge on any atom is -0.444 e. The summed E-state index contributed by atoms with van der Waals surface area (Å²) < 4.78 is 5.56. The standard InChI is InChI=1S/C25H30N2O4/c1-2-3-4-5-9-14-21-17-26(25(28)31-19-20-12-7-6-8-13-20)24-16-11-10-15-22(24)23(21)18-27(29)30/h6-8,10-13,15-17,23H,2-5,9,14,18-19H2,1H3/t23-/m0/s1. The van der Waals surface area contributed by atoms with Crippen LogP contribution in [0.1, 0.15) is 62.5 Å². The van der Waals surface area contributed by atoms with Crippen molar-refractivity contribution in [3.8, 4) is 0 Å². The van der Waals surface area contributed by atoms with Crippen molar-refractivity contribution in [2.45, 2.75) is 58.0 Å². The molecule has 0 N–H and O–H groups in total. The SMILES string of the molecule is CCCCCCCC1=CN(C(=O)OCc2ccccc2)c2ccccc2[C@H]1C[N+](=O)[O-]. The van der Waals surface area contributed by atoms with E-state index in [1.54, 1.807) is 6.20 Å². The van der Waals surface area contributed by atoms with Crippen molar-refractivity contribution in [3.05, 3.63) is 87.6 Å². The molecule has 0 aliphatic carbocycles. The number of hydrogen-bond donors (Lipinski definition) is 0. The van der Waals surface area contributed by atoms with E-state index < -0.39 is 6.09 Å². The van der Waals surface area contributed by atoms with Crippen LogP contribution < -0.4 is 4.90 Å². The molecule has 0 aromatic heterocycles. The van der Waals surface area contributed by atoms with Gasteiger partial charge in [-0.25, -0.2) is 4.79 Å². The first-order chi connectivity index (χ1) is 15.1. The number of para-hydroxylation sites is 1. The zero-order valence-electron chi connectivity index (χ0n) is 18.0. The van der Waals surface area contributed by atoms with Crippen molar-refractivity contribution in [1.82, 2.24) is 0 Å². The van der Waals surface area contributed by atoms with Gasteiger partial charge in [0.25, 0.3) is 0 Å². The van der Waals surface area contributed by atoms with Crippen LogP contribution in [0.15, 0.2) is 66.4 Å². The highest BCUT2D eigenvalue weighted by molar-refractivity contribution is 5.92. The Balaban J connectivity index is 1.81. The molecule has 1 atom stereocenters. The summed E-state index contributed by atoms with van der Waals surface area (Å²) in [6, 6.07) is 16.9. The maximum Gasteiger partial charge on any atom is 0.418 e. The van der Waals surface area contributed by atoms with Gasteiger partial charge in [-0.2, -0.15) is 0 Å². The van der Waals surface area contributed by atoms with Crippen LogP contribution in [0.2, 0.25) is 0 Å². The molecule has 31 heavy (non-hydrogen) atoms. The van der Waals surface area contributed by atoms with Crippen LogP contribution in [0.3, 0.4) is 0 Å². The van der Waals surface area contributed by atoms with Gasteiger partial charge in [-0.3, -0.25) is 15.0 Å². The highest BCUT2D eigenvalue weighted by atomic mass is 16.6. The monoisotopic (exact) mass is 422 g/mol. The Morgan fingerprint density at radius 1 is 1.03 bits per heavy atom. The van der Waals surface area contributed by atoms with Gasteiger partial charge < -0.3 is 4.74 Å². The van der Waals surface area contributed by atoms with E-state index >= 15 is 0 Å². The molecule has 6 heteroatoms. The van der Waals surface area contributed by atoms with Gasteiger partial charge in [0.05, 0.1) is 11.6 Å². The van der Waals surface area contributed by atoms with Gasteiger partial charge in [-0.15, -0.1) is 0 Å². The fraction of sp³-hybridized carbons (Fsp3) is 0.400. The minimum atomic E-state index is -0.473. The first-order valence-corrected chi connectivity index (χ1v) is 11.0. The molecule has 0 radical (unpaired) electrons. The average Bonchev–Trinajstić information content (AvgIpc) is 2.78. The normalized spacial score (nSPS) is 15.2. The van der Waals surface area contributed by atoms with Crippen LogP contribution in [0, 0.1) is 10.1 Å². The third kappa shape index (κ3) is 6.17.